The fraction of sp³-hybridized carbons (Fsp3) is 0.375. The lowest BCUT2D eigenvalue weighted by Gasteiger charge is -2.14. The van der Waals surface area contributed by atoms with Crippen molar-refractivity contribution < 1.29 is 4.79 Å². The minimum absolute atomic E-state index is 0. The number of hydrogen-bond donors (Lipinski definition) is 2. The number of hydrogen-bond acceptors (Lipinski definition) is 3. The summed E-state index contributed by atoms with van der Waals surface area (Å²) in [4.78, 5) is 24.7. The van der Waals surface area contributed by atoms with Crippen LogP contribution in [0.25, 0.3) is 5.69 Å². The van der Waals surface area contributed by atoms with E-state index in [1.54, 1.807) is 18.7 Å². The SMILES string of the molecule is Cc1c(NC(=O)C(N)C(C)C)c(=O)n(-c2ccccc2)n1C.Cl. The molecule has 0 saturated carbocycles. The molecule has 1 atom stereocenters. The van der Waals surface area contributed by atoms with Crippen molar-refractivity contribution in [2.24, 2.45) is 18.7 Å². The third-order valence-corrected chi connectivity index (χ3v) is 3.82. The number of halogens is 1. The number of amides is 1. The van der Waals surface area contributed by atoms with E-state index in [1.165, 1.54) is 4.68 Å². The monoisotopic (exact) mass is 338 g/mol. The minimum atomic E-state index is -0.649. The maximum Gasteiger partial charge on any atom is 0.295 e. The summed E-state index contributed by atoms with van der Waals surface area (Å²) in [5.74, 6) is -0.346. The molecule has 0 aliphatic rings. The number of anilines is 1. The third-order valence-electron chi connectivity index (χ3n) is 3.82. The first kappa shape index (κ1) is 19.0. The van der Waals surface area contributed by atoms with E-state index in [0.29, 0.717) is 5.69 Å². The van der Waals surface area contributed by atoms with E-state index >= 15 is 0 Å². The van der Waals surface area contributed by atoms with Crippen LogP contribution >= 0.6 is 12.4 Å². The highest BCUT2D eigenvalue weighted by Crippen LogP contribution is 2.14. The molecule has 0 aliphatic heterocycles. The number of nitrogens with zero attached hydrogens (tertiary/aromatic N) is 2. The van der Waals surface area contributed by atoms with Crippen LogP contribution in [0.1, 0.15) is 19.5 Å². The standard InChI is InChI=1S/C16H22N4O2.ClH/c1-10(2)13(17)15(21)18-14-11(3)19(4)20(16(14)22)12-8-6-5-7-9-12;/h5-10,13H,17H2,1-4H3,(H,18,21);1H. The molecule has 0 bridgehead atoms. The summed E-state index contributed by atoms with van der Waals surface area (Å²) in [5.41, 5.74) is 7.26. The second kappa shape index (κ2) is 7.48. The van der Waals surface area contributed by atoms with Crippen molar-refractivity contribution in [3.63, 3.8) is 0 Å². The summed E-state index contributed by atoms with van der Waals surface area (Å²) < 4.78 is 3.24. The molecule has 2 aromatic rings. The fourth-order valence-electron chi connectivity index (χ4n) is 2.22. The van der Waals surface area contributed by atoms with Crippen LogP contribution in [-0.2, 0) is 11.8 Å². The number of aromatic nitrogens is 2. The van der Waals surface area contributed by atoms with Crippen LogP contribution in [0.2, 0.25) is 0 Å². The quantitative estimate of drug-likeness (QED) is 0.892. The van der Waals surface area contributed by atoms with Crippen LogP contribution in [0.3, 0.4) is 0 Å². The molecular weight excluding hydrogens is 316 g/mol. The van der Waals surface area contributed by atoms with E-state index in [0.717, 1.165) is 5.69 Å². The summed E-state index contributed by atoms with van der Waals surface area (Å²) >= 11 is 0. The van der Waals surface area contributed by atoms with Crippen molar-refractivity contribution in [3.05, 3.63) is 46.4 Å². The highest BCUT2D eigenvalue weighted by molar-refractivity contribution is 5.95. The molecule has 0 saturated heterocycles. The molecule has 1 unspecified atom stereocenters. The van der Waals surface area contributed by atoms with Gasteiger partial charge in [-0.2, -0.15) is 0 Å². The molecule has 6 nitrogen and oxygen atoms in total. The number of para-hydroxylation sites is 1. The summed E-state index contributed by atoms with van der Waals surface area (Å²) in [6, 6.07) is 8.63. The van der Waals surface area contributed by atoms with Gasteiger partial charge >= 0.3 is 0 Å². The fourth-order valence-corrected chi connectivity index (χ4v) is 2.22. The number of carbonyl (C=O) groups is 1. The van der Waals surface area contributed by atoms with Gasteiger partial charge in [0.1, 0.15) is 5.69 Å². The molecule has 126 valence electrons. The molecular formula is C16H23ClN4O2. The Bertz CT molecular complexity index is 735. The predicted octanol–water partition coefficient (Wildman–Crippen LogP) is 1.83. The molecule has 1 amide bonds. The zero-order valence-electron chi connectivity index (χ0n) is 13.7. The van der Waals surface area contributed by atoms with Gasteiger partial charge in [-0.15, -0.1) is 12.4 Å². The lowest BCUT2D eigenvalue weighted by atomic mass is 10.1. The van der Waals surface area contributed by atoms with Gasteiger partial charge in [0, 0.05) is 7.05 Å². The third kappa shape index (κ3) is 3.65. The lowest BCUT2D eigenvalue weighted by Crippen LogP contribution is -2.40. The van der Waals surface area contributed by atoms with Crippen molar-refractivity contribution in [2.75, 3.05) is 5.32 Å². The Hall–Kier alpha value is -2.05. The molecule has 0 radical (unpaired) electrons. The first-order valence-corrected chi connectivity index (χ1v) is 7.25. The van der Waals surface area contributed by atoms with Crippen LogP contribution in [0.5, 0.6) is 0 Å². The van der Waals surface area contributed by atoms with Gasteiger partial charge in [-0.05, 0) is 25.0 Å². The van der Waals surface area contributed by atoms with Crippen LogP contribution in [-0.4, -0.2) is 21.3 Å². The maximum absolute atomic E-state index is 12.6. The normalized spacial score (nSPS) is 11.9. The summed E-state index contributed by atoms with van der Waals surface area (Å²) in [7, 11) is 1.78. The first-order valence-electron chi connectivity index (χ1n) is 7.25. The Morgan fingerprint density at radius 2 is 1.78 bits per heavy atom. The van der Waals surface area contributed by atoms with Gasteiger partial charge in [-0.1, -0.05) is 32.0 Å². The van der Waals surface area contributed by atoms with E-state index in [9.17, 15) is 9.59 Å². The van der Waals surface area contributed by atoms with Crippen LogP contribution in [0.15, 0.2) is 35.1 Å². The number of nitrogens with one attached hydrogen (secondary N) is 1. The van der Waals surface area contributed by atoms with Gasteiger partial charge in [-0.3, -0.25) is 14.3 Å². The zero-order chi connectivity index (χ0) is 16.4. The smallest absolute Gasteiger partial charge is 0.295 e. The molecule has 0 aliphatic carbocycles. The summed E-state index contributed by atoms with van der Waals surface area (Å²) in [6.45, 7) is 5.52. The Balaban J connectivity index is 0.00000264. The van der Waals surface area contributed by atoms with E-state index in [-0.39, 0.29) is 35.5 Å². The Kier molecular flexibility index (Phi) is 6.18. The number of nitrogens with two attached hydrogens (primary N) is 1. The van der Waals surface area contributed by atoms with Gasteiger partial charge in [0.15, 0.2) is 0 Å². The van der Waals surface area contributed by atoms with Crippen molar-refractivity contribution in [2.45, 2.75) is 26.8 Å². The largest absolute Gasteiger partial charge is 0.320 e. The molecule has 3 N–H and O–H groups in total. The maximum atomic E-state index is 12.6. The Morgan fingerprint density at radius 3 is 2.30 bits per heavy atom. The van der Waals surface area contributed by atoms with Gasteiger partial charge in [0.25, 0.3) is 5.56 Å². The molecule has 1 heterocycles. The highest BCUT2D eigenvalue weighted by Gasteiger charge is 2.22. The van der Waals surface area contributed by atoms with E-state index < -0.39 is 6.04 Å². The molecule has 1 aromatic heterocycles. The molecule has 2 rings (SSSR count). The Morgan fingerprint density at radius 1 is 1.22 bits per heavy atom. The molecule has 7 heteroatoms. The van der Waals surface area contributed by atoms with Crippen LogP contribution in [0.4, 0.5) is 5.69 Å². The number of rotatable bonds is 4. The Labute approximate surface area is 141 Å². The number of carbonyl (C=O) groups excluding carboxylic acids is 1. The second-order valence-corrected chi connectivity index (χ2v) is 5.70. The average Bonchev–Trinajstić information content (AvgIpc) is 2.71. The topological polar surface area (TPSA) is 82.1 Å². The highest BCUT2D eigenvalue weighted by atomic mass is 35.5. The summed E-state index contributed by atoms with van der Waals surface area (Å²) in [5, 5.41) is 2.67. The van der Waals surface area contributed by atoms with Gasteiger partial charge in [0.05, 0.1) is 17.4 Å². The molecule has 23 heavy (non-hydrogen) atoms. The van der Waals surface area contributed by atoms with Crippen molar-refractivity contribution in [3.8, 4) is 5.69 Å². The van der Waals surface area contributed by atoms with Gasteiger partial charge in [0.2, 0.25) is 5.91 Å². The minimum Gasteiger partial charge on any atom is -0.320 e. The zero-order valence-corrected chi connectivity index (χ0v) is 14.6. The summed E-state index contributed by atoms with van der Waals surface area (Å²) in [6.07, 6.45) is 0. The van der Waals surface area contributed by atoms with Crippen LogP contribution < -0.4 is 16.6 Å². The van der Waals surface area contributed by atoms with Crippen LogP contribution in [0, 0.1) is 12.8 Å². The van der Waals surface area contributed by atoms with Gasteiger partial charge < -0.3 is 11.1 Å². The lowest BCUT2D eigenvalue weighted by molar-refractivity contribution is -0.118. The van der Waals surface area contributed by atoms with E-state index in [1.807, 2.05) is 44.2 Å². The molecule has 0 spiro atoms. The van der Waals surface area contributed by atoms with Gasteiger partial charge in [-0.25, -0.2) is 4.68 Å². The van der Waals surface area contributed by atoms with E-state index in [2.05, 4.69) is 5.32 Å². The van der Waals surface area contributed by atoms with Crippen molar-refractivity contribution >= 4 is 24.0 Å². The van der Waals surface area contributed by atoms with Crippen molar-refractivity contribution in [1.82, 2.24) is 9.36 Å². The average molecular weight is 339 g/mol. The van der Waals surface area contributed by atoms with Crippen molar-refractivity contribution in [1.29, 1.82) is 0 Å². The first-order chi connectivity index (χ1) is 10.3. The molecule has 0 fully saturated rings. The number of benzene rings is 1. The van der Waals surface area contributed by atoms with E-state index in [4.69, 9.17) is 5.73 Å². The second-order valence-electron chi connectivity index (χ2n) is 5.70. The molecule has 1 aromatic carbocycles. The predicted molar refractivity (Wildman–Crippen MR) is 94.4 cm³/mol.